The second-order valence-corrected chi connectivity index (χ2v) is 9.55. The van der Waals surface area contributed by atoms with E-state index in [0.717, 1.165) is 49.4 Å². The summed E-state index contributed by atoms with van der Waals surface area (Å²) in [6, 6.07) is 14.5. The molecule has 0 bridgehead atoms. The Kier molecular flexibility index (Phi) is 12.6. The highest BCUT2D eigenvalue weighted by atomic mass is 32.2. The van der Waals surface area contributed by atoms with E-state index in [4.69, 9.17) is 4.74 Å². The summed E-state index contributed by atoms with van der Waals surface area (Å²) in [6.45, 7) is 6.97. The Morgan fingerprint density at radius 3 is 2.26 bits per heavy atom. The minimum Gasteiger partial charge on any atom is -0.493 e. The van der Waals surface area contributed by atoms with E-state index in [2.05, 4.69) is 26.1 Å². The summed E-state index contributed by atoms with van der Waals surface area (Å²) in [6.07, 6.45) is 5.33. The molecule has 0 spiro atoms. The smallest absolute Gasteiger partial charge is 0.233 e. The van der Waals surface area contributed by atoms with Crippen molar-refractivity contribution in [2.24, 2.45) is 0 Å². The lowest BCUT2D eigenvalue weighted by Gasteiger charge is -2.21. The van der Waals surface area contributed by atoms with E-state index < -0.39 is 5.25 Å². The maximum absolute atomic E-state index is 14.7. The van der Waals surface area contributed by atoms with Crippen molar-refractivity contribution in [1.29, 1.82) is 0 Å². The van der Waals surface area contributed by atoms with Crippen LogP contribution in [-0.2, 0) is 16.0 Å². The van der Waals surface area contributed by atoms with Crippen LogP contribution in [0.25, 0.3) is 0 Å². The van der Waals surface area contributed by atoms with Crippen LogP contribution in [0.1, 0.15) is 69.9 Å². The zero-order valence-corrected chi connectivity index (χ0v) is 22.1. The molecular formula is C29H38FNO3S. The van der Waals surface area contributed by atoms with Crippen LogP contribution in [0.4, 0.5) is 4.39 Å². The molecule has 35 heavy (non-hydrogen) atoms. The van der Waals surface area contributed by atoms with E-state index in [0.29, 0.717) is 30.0 Å². The Morgan fingerprint density at radius 2 is 1.69 bits per heavy atom. The van der Waals surface area contributed by atoms with Crippen LogP contribution in [0.5, 0.6) is 5.75 Å². The van der Waals surface area contributed by atoms with Crippen LogP contribution >= 0.6 is 11.8 Å². The fraction of sp³-hybridized carbons (Fsp3) is 0.448. The van der Waals surface area contributed by atoms with E-state index in [9.17, 15) is 14.0 Å². The molecule has 0 aliphatic heterocycles. The first-order chi connectivity index (χ1) is 17.0. The fourth-order valence-corrected chi connectivity index (χ4v) is 5.06. The van der Waals surface area contributed by atoms with Crippen LogP contribution in [0.2, 0.25) is 0 Å². The molecule has 2 atom stereocenters. The number of allylic oxidation sites excluding steroid dienone is 2. The summed E-state index contributed by atoms with van der Waals surface area (Å²) in [5.41, 5.74) is 5.30. The van der Waals surface area contributed by atoms with Gasteiger partial charge in [-0.1, -0.05) is 74.0 Å². The summed E-state index contributed by atoms with van der Waals surface area (Å²) in [7, 11) is 1.56. The van der Waals surface area contributed by atoms with E-state index >= 15 is 0 Å². The van der Waals surface area contributed by atoms with Crippen molar-refractivity contribution in [2.75, 3.05) is 13.7 Å². The summed E-state index contributed by atoms with van der Waals surface area (Å²) in [5, 5.41) is 2.13. The first-order valence-corrected chi connectivity index (χ1v) is 13.4. The van der Waals surface area contributed by atoms with Gasteiger partial charge in [0.25, 0.3) is 0 Å². The summed E-state index contributed by atoms with van der Waals surface area (Å²) < 4.78 is 20.8. The van der Waals surface area contributed by atoms with Gasteiger partial charge in [0, 0.05) is 13.0 Å². The lowest BCUT2D eigenvalue weighted by atomic mass is 9.89. The highest BCUT2D eigenvalue weighted by molar-refractivity contribution is 8.13. The molecule has 2 aromatic carbocycles. The Hall–Kier alpha value is -2.60. The third kappa shape index (κ3) is 8.84. The largest absolute Gasteiger partial charge is 0.493 e. The lowest BCUT2D eigenvalue weighted by Crippen LogP contribution is -2.31. The number of halogens is 1. The van der Waals surface area contributed by atoms with Gasteiger partial charge in [-0.3, -0.25) is 9.59 Å². The highest BCUT2D eigenvalue weighted by Gasteiger charge is 2.19. The van der Waals surface area contributed by atoms with Crippen LogP contribution in [0.3, 0.4) is 0 Å². The molecule has 4 nitrogen and oxygen atoms in total. The fourth-order valence-electron chi connectivity index (χ4n) is 4.40. The molecule has 190 valence electrons. The molecule has 0 saturated heterocycles. The van der Waals surface area contributed by atoms with Crippen molar-refractivity contribution >= 4 is 23.3 Å². The predicted octanol–water partition coefficient (Wildman–Crippen LogP) is 6.88. The van der Waals surface area contributed by atoms with Gasteiger partial charge in [-0.25, -0.2) is 4.39 Å². The Labute approximate surface area is 213 Å². The lowest BCUT2D eigenvalue weighted by molar-refractivity contribution is -0.120. The molecule has 0 aliphatic rings. The number of amides is 1. The van der Waals surface area contributed by atoms with E-state index in [1.54, 1.807) is 13.1 Å². The molecule has 0 saturated carbocycles. The van der Waals surface area contributed by atoms with Gasteiger partial charge in [-0.05, 0) is 67.9 Å². The standard InChI is InChI=1S/C29H38FNO3S/c1-5-22(6-2)23(7-3)14-15-24(26-10-8-9-11-27(26)30)19-34-25-16-12-21(13-17-25)18-28(35-20-32)29(33)31-4/h8-13,16-17,20,24,28H,5-7,14-15,18-19H2,1-4H3,(H,31,33). The van der Waals surface area contributed by atoms with Crippen molar-refractivity contribution in [1.82, 2.24) is 5.32 Å². The van der Waals surface area contributed by atoms with Crippen LogP contribution in [-0.4, -0.2) is 30.4 Å². The van der Waals surface area contributed by atoms with E-state index in [1.807, 2.05) is 36.4 Å². The number of thioether (sulfide) groups is 1. The molecule has 2 rings (SSSR count). The van der Waals surface area contributed by atoms with Crippen molar-refractivity contribution in [3.8, 4) is 5.75 Å². The third-order valence-electron chi connectivity index (χ3n) is 6.47. The second-order valence-electron chi connectivity index (χ2n) is 8.52. The number of rotatable bonds is 15. The molecule has 1 N–H and O–H groups in total. The SMILES string of the molecule is CCC(CC)=C(CC)CCC(COc1ccc(CC(SC=O)C(=O)NC)cc1)c1ccccc1F. The monoisotopic (exact) mass is 499 g/mol. The zero-order valence-electron chi connectivity index (χ0n) is 21.3. The minimum absolute atomic E-state index is 0.0611. The molecule has 6 heteroatoms. The van der Waals surface area contributed by atoms with Gasteiger partial charge in [-0.15, -0.1) is 0 Å². The number of benzene rings is 2. The maximum Gasteiger partial charge on any atom is 0.233 e. The van der Waals surface area contributed by atoms with E-state index in [1.165, 1.54) is 17.2 Å². The number of carbonyl (C=O) groups excluding carboxylic acids is 2. The average Bonchev–Trinajstić information content (AvgIpc) is 2.88. The molecule has 0 aromatic heterocycles. The van der Waals surface area contributed by atoms with Crippen LogP contribution in [0, 0.1) is 5.82 Å². The van der Waals surface area contributed by atoms with Crippen molar-refractivity contribution in [2.45, 2.75) is 70.5 Å². The van der Waals surface area contributed by atoms with Crippen molar-refractivity contribution in [3.63, 3.8) is 0 Å². The van der Waals surface area contributed by atoms with Gasteiger partial charge in [0.05, 0.1) is 11.9 Å². The molecule has 1 amide bonds. The molecule has 0 fully saturated rings. The first kappa shape index (κ1) is 28.6. The average molecular weight is 500 g/mol. The van der Waals surface area contributed by atoms with Gasteiger partial charge in [0.2, 0.25) is 5.91 Å². The predicted molar refractivity (Wildman–Crippen MR) is 144 cm³/mol. The molecule has 0 aliphatic carbocycles. The summed E-state index contributed by atoms with van der Waals surface area (Å²) in [4.78, 5) is 22.9. The second kappa shape index (κ2) is 15.4. The normalized spacial score (nSPS) is 12.5. The highest BCUT2D eigenvalue weighted by Crippen LogP contribution is 2.30. The van der Waals surface area contributed by atoms with Gasteiger partial charge < -0.3 is 10.1 Å². The molecule has 2 unspecified atom stereocenters. The van der Waals surface area contributed by atoms with E-state index in [-0.39, 0.29) is 17.6 Å². The minimum atomic E-state index is -0.466. The molecule has 0 radical (unpaired) electrons. The number of carbonyl (C=O) groups is 2. The van der Waals surface area contributed by atoms with Crippen molar-refractivity contribution in [3.05, 3.63) is 76.6 Å². The Balaban J connectivity index is 2.12. The quantitative estimate of drug-likeness (QED) is 0.214. The van der Waals surface area contributed by atoms with Gasteiger partial charge in [0.1, 0.15) is 11.6 Å². The number of hydrogen-bond acceptors (Lipinski definition) is 4. The van der Waals surface area contributed by atoms with Gasteiger partial charge in [0.15, 0.2) is 5.62 Å². The number of hydrogen-bond donors (Lipinski definition) is 1. The molecule has 0 heterocycles. The van der Waals surface area contributed by atoms with Crippen molar-refractivity contribution < 1.29 is 18.7 Å². The van der Waals surface area contributed by atoms with Crippen LogP contribution < -0.4 is 10.1 Å². The molecular weight excluding hydrogens is 461 g/mol. The maximum atomic E-state index is 14.7. The topological polar surface area (TPSA) is 55.4 Å². The Bertz CT molecular complexity index is 968. The zero-order chi connectivity index (χ0) is 25.6. The third-order valence-corrected chi connectivity index (χ3v) is 7.29. The number of ether oxygens (including phenoxy) is 1. The first-order valence-electron chi connectivity index (χ1n) is 12.4. The molecule has 2 aromatic rings. The summed E-state index contributed by atoms with van der Waals surface area (Å²) >= 11 is 0.973. The summed E-state index contributed by atoms with van der Waals surface area (Å²) in [5.74, 6) is 0.264. The van der Waals surface area contributed by atoms with Crippen LogP contribution in [0.15, 0.2) is 59.7 Å². The Morgan fingerprint density at radius 1 is 1.03 bits per heavy atom. The number of nitrogens with one attached hydrogen (secondary N) is 1. The van der Waals surface area contributed by atoms with Gasteiger partial charge >= 0.3 is 0 Å². The van der Waals surface area contributed by atoms with Gasteiger partial charge in [-0.2, -0.15) is 0 Å².